The molecule has 0 unspecified atom stereocenters. The molecule has 0 spiro atoms. The van der Waals surface area contributed by atoms with Crippen LogP contribution in [0, 0.1) is 11.3 Å². The van der Waals surface area contributed by atoms with Gasteiger partial charge in [0, 0.05) is 30.0 Å². The lowest BCUT2D eigenvalue weighted by Crippen LogP contribution is -2.36. The van der Waals surface area contributed by atoms with Gasteiger partial charge in [-0.3, -0.25) is 4.98 Å². The maximum Gasteiger partial charge on any atom is 0.247 e. The van der Waals surface area contributed by atoms with Crippen LogP contribution in [0.3, 0.4) is 0 Å². The summed E-state index contributed by atoms with van der Waals surface area (Å²) in [4.78, 5) is 11.2. The van der Waals surface area contributed by atoms with Gasteiger partial charge in [-0.05, 0) is 43.7 Å². The van der Waals surface area contributed by atoms with Gasteiger partial charge in [-0.25, -0.2) is 4.52 Å². The molecule has 33 heavy (non-hydrogen) atoms. The molecule has 2 aromatic carbocycles. The number of hydrogen-bond acceptors (Lipinski definition) is 7. The normalized spacial score (nSPS) is 14.3. The van der Waals surface area contributed by atoms with Crippen molar-refractivity contribution in [3.63, 3.8) is 0 Å². The average molecular weight is 440 g/mol. The molecular weight excluding hydrogens is 414 g/mol. The predicted octanol–water partition coefficient (Wildman–Crippen LogP) is 4.17. The topological polar surface area (TPSA) is 91.4 Å². The second-order valence-corrected chi connectivity index (χ2v) is 8.58. The molecule has 8 heteroatoms. The summed E-state index contributed by atoms with van der Waals surface area (Å²) in [6.45, 7) is 7.16. The maximum atomic E-state index is 9.38. The third-order valence-electron chi connectivity index (χ3n) is 5.93. The molecule has 0 amide bonds. The van der Waals surface area contributed by atoms with E-state index in [0.717, 1.165) is 48.8 Å². The Morgan fingerprint density at radius 3 is 2.42 bits per heavy atom. The molecule has 0 bridgehead atoms. The largest absolute Gasteiger partial charge is 0.378 e. The predicted molar refractivity (Wildman–Crippen MR) is 128 cm³/mol. The third-order valence-corrected chi connectivity index (χ3v) is 5.93. The number of aromatic nitrogens is 4. The lowest BCUT2D eigenvalue weighted by molar-refractivity contribution is 0.122. The number of hydrogen-bond donors (Lipinski definition) is 1. The minimum absolute atomic E-state index is 0.505. The van der Waals surface area contributed by atoms with E-state index >= 15 is 0 Å². The van der Waals surface area contributed by atoms with E-state index in [0.29, 0.717) is 11.6 Å². The molecule has 5 rings (SSSR count). The summed E-state index contributed by atoms with van der Waals surface area (Å²) in [5.41, 5.74) is 4.97. The fourth-order valence-corrected chi connectivity index (χ4v) is 3.89. The summed E-state index contributed by atoms with van der Waals surface area (Å²) in [5.74, 6) is 0.505. The van der Waals surface area contributed by atoms with Gasteiger partial charge in [0.05, 0.1) is 42.8 Å². The smallest absolute Gasteiger partial charge is 0.247 e. The van der Waals surface area contributed by atoms with E-state index in [4.69, 9.17) is 4.74 Å². The van der Waals surface area contributed by atoms with Gasteiger partial charge in [-0.1, -0.05) is 24.3 Å². The van der Waals surface area contributed by atoms with Crippen molar-refractivity contribution in [2.24, 2.45) is 0 Å². The molecule has 0 saturated carbocycles. The highest BCUT2D eigenvalue weighted by molar-refractivity contribution is 5.65. The minimum atomic E-state index is -0.537. The molecule has 8 nitrogen and oxygen atoms in total. The first-order valence-electron chi connectivity index (χ1n) is 11.0. The molecule has 1 aliphatic rings. The van der Waals surface area contributed by atoms with Crippen molar-refractivity contribution in [2.45, 2.75) is 19.3 Å². The van der Waals surface area contributed by atoms with E-state index in [2.05, 4.69) is 43.5 Å². The molecule has 4 aromatic rings. The van der Waals surface area contributed by atoms with Crippen LogP contribution in [0.15, 0.2) is 60.9 Å². The maximum absolute atomic E-state index is 9.38. The molecule has 0 atom stereocenters. The van der Waals surface area contributed by atoms with Gasteiger partial charge in [0.2, 0.25) is 5.95 Å². The van der Waals surface area contributed by atoms with Crippen LogP contribution < -0.4 is 10.2 Å². The molecule has 1 aliphatic heterocycles. The molecule has 1 saturated heterocycles. The van der Waals surface area contributed by atoms with Gasteiger partial charge in [0.15, 0.2) is 5.65 Å². The van der Waals surface area contributed by atoms with Gasteiger partial charge in [0.25, 0.3) is 0 Å². The SMILES string of the molecule is CC(C)(C#N)c1ccc(-c2cncc3nc(Nc4ccc(N5CCOCC5)cc4)nn23)cc1. The van der Waals surface area contributed by atoms with Gasteiger partial charge in [-0.15, -0.1) is 5.10 Å². The van der Waals surface area contributed by atoms with Crippen LogP contribution in [0.5, 0.6) is 0 Å². The van der Waals surface area contributed by atoms with E-state index in [1.807, 2.05) is 50.2 Å². The van der Waals surface area contributed by atoms with Crippen molar-refractivity contribution in [3.05, 3.63) is 66.5 Å². The zero-order chi connectivity index (χ0) is 22.8. The first-order valence-corrected chi connectivity index (χ1v) is 11.0. The van der Waals surface area contributed by atoms with Crippen LogP contribution in [-0.2, 0) is 10.2 Å². The molecular formula is C25H25N7O. The van der Waals surface area contributed by atoms with E-state index < -0.39 is 5.41 Å². The zero-order valence-corrected chi connectivity index (χ0v) is 18.7. The Morgan fingerprint density at radius 2 is 1.73 bits per heavy atom. The quantitative estimate of drug-likeness (QED) is 0.499. The first kappa shape index (κ1) is 20.9. The van der Waals surface area contributed by atoms with Gasteiger partial charge < -0.3 is 15.0 Å². The number of nitrogens with one attached hydrogen (secondary N) is 1. The fourth-order valence-electron chi connectivity index (χ4n) is 3.89. The van der Waals surface area contributed by atoms with Gasteiger partial charge in [0.1, 0.15) is 0 Å². The first-order chi connectivity index (χ1) is 16.0. The Hall–Kier alpha value is -3.96. The van der Waals surface area contributed by atoms with E-state index in [1.165, 1.54) is 5.69 Å². The Labute approximate surface area is 192 Å². The lowest BCUT2D eigenvalue weighted by Gasteiger charge is -2.28. The standard InChI is InChI=1S/C25H25N7O/c1-25(2,17-26)19-5-3-18(4-6-19)22-15-27-16-23-29-24(30-32(22)23)28-20-7-9-21(10-8-20)31-11-13-33-14-12-31/h3-10,15-16H,11-14H2,1-2H3,(H,28,30). The minimum Gasteiger partial charge on any atom is -0.378 e. The van der Waals surface area contributed by atoms with E-state index in [9.17, 15) is 5.26 Å². The summed E-state index contributed by atoms with van der Waals surface area (Å²) in [7, 11) is 0. The van der Waals surface area contributed by atoms with Crippen molar-refractivity contribution in [3.8, 4) is 17.3 Å². The Balaban J connectivity index is 1.38. The van der Waals surface area contributed by atoms with Crippen LogP contribution in [0.1, 0.15) is 19.4 Å². The van der Waals surface area contributed by atoms with Crippen LogP contribution in [0.4, 0.5) is 17.3 Å². The van der Waals surface area contributed by atoms with E-state index in [-0.39, 0.29) is 0 Å². The Bertz CT molecular complexity index is 1300. The van der Waals surface area contributed by atoms with Crippen LogP contribution in [0.25, 0.3) is 16.9 Å². The van der Waals surface area contributed by atoms with E-state index in [1.54, 1.807) is 16.9 Å². The summed E-state index contributed by atoms with van der Waals surface area (Å²) in [6.07, 6.45) is 3.46. The number of nitrogens with zero attached hydrogens (tertiary/aromatic N) is 6. The van der Waals surface area contributed by atoms with Crippen molar-refractivity contribution in [1.29, 1.82) is 5.26 Å². The second kappa shape index (κ2) is 8.52. The van der Waals surface area contributed by atoms with Gasteiger partial charge in [-0.2, -0.15) is 10.2 Å². The number of fused-ring (bicyclic) bond motifs is 1. The number of morpholine rings is 1. The van der Waals surface area contributed by atoms with Crippen molar-refractivity contribution in [2.75, 3.05) is 36.5 Å². The third kappa shape index (κ3) is 4.23. The summed E-state index contributed by atoms with van der Waals surface area (Å²) >= 11 is 0. The highest BCUT2D eigenvalue weighted by atomic mass is 16.5. The highest BCUT2D eigenvalue weighted by Crippen LogP contribution is 2.27. The van der Waals surface area contributed by atoms with Crippen molar-refractivity contribution in [1.82, 2.24) is 19.6 Å². The van der Waals surface area contributed by atoms with Crippen LogP contribution in [-0.4, -0.2) is 45.9 Å². The number of nitriles is 1. The molecule has 1 fully saturated rings. The number of benzene rings is 2. The van der Waals surface area contributed by atoms with Crippen molar-refractivity contribution < 1.29 is 4.74 Å². The molecule has 0 radical (unpaired) electrons. The number of ether oxygens (including phenoxy) is 1. The number of anilines is 3. The van der Waals surface area contributed by atoms with Crippen molar-refractivity contribution >= 4 is 23.0 Å². The molecule has 1 N–H and O–H groups in total. The Morgan fingerprint density at radius 1 is 1.00 bits per heavy atom. The zero-order valence-electron chi connectivity index (χ0n) is 18.7. The van der Waals surface area contributed by atoms with Crippen LogP contribution in [0.2, 0.25) is 0 Å². The molecule has 166 valence electrons. The summed E-state index contributed by atoms with van der Waals surface area (Å²) < 4.78 is 7.21. The molecule has 0 aliphatic carbocycles. The number of rotatable bonds is 5. The summed E-state index contributed by atoms with van der Waals surface area (Å²) in [6, 6.07) is 18.5. The fraction of sp³-hybridized carbons (Fsp3) is 0.280. The summed E-state index contributed by atoms with van der Waals surface area (Å²) in [5, 5.41) is 17.3. The monoisotopic (exact) mass is 439 g/mol. The van der Waals surface area contributed by atoms with Gasteiger partial charge >= 0.3 is 0 Å². The second-order valence-electron chi connectivity index (χ2n) is 8.58. The molecule has 2 aromatic heterocycles. The Kier molecular flexibility index (Phi) is 5.40. The van der Waals surface area contributed by atoms with Crippen LogP contribution >= 0.6 is 0 Å². The molecule has 3 heterocycles. The highest BCUT2D eigenvalue weighted by Gasteiger charge is 2.20. The average Bonchev–Trinajstić information content (AvgIpc) is 3.27. The lowest BCUT2D eigenvalue weighted by atomic mass is 9.86.